The number of nitrogens with zero attached hydrogens (tertiary/aromatic N) is 1. The molecule has 0 aromatic heterocycles. The molecule has 2 aliphatic rings. The molecular formula is C16H23N3O. The van der Waals surface area contributed by atoms with Gasteiger partial charge in [-0.15, -0.1) is 0 Å². The minimum atomic E-state index is 0.132. The molecule has 0 spiro atoms. The molecule has 4 nitrogen and oxygen atoms in total. The third kappa shape index (κ3) is 3.38. The molecule has 0 saturated carbocycles. The first kappa shape index (κ1) is 13.6. The first-order valence-corrected chi connectivity index (χ1v) is 7.57. The van der Waals surface area contributed by atoms with Crippen molar-refractivity contribution >= 4 is 5.91 Å². The van der Waals surface area contributed by atoms with Crippen LogP contribution in [0.2, 0.25) is 0 Å². The number of nitrogens with one attached hydrogen (secondary N) is 2. The lowest BCUT2D eigenvalue weighted by Gasteiger charge is -2.24. The van der Waals surface area contributed by atoms with Gasteiger partial charge in [0, 0.05) is 25.7 Å². The van der Waals surface area contributed by atoms with Crippen LogP contribution in [0, 0.1) is 5.92 Å². The van der Waals surface area contributed by atoms with Crippen molar-refractivity contribution in [3.8, 4) is 0 Å². The molecule has 3 rings (SSSR count). The lowest BCUT2D eigenvalue weighted by Crippen LogP contribution is -2.41. The van der Waals surface area contributed by atoms with Crippen molar-refractivity contribution in [2.75, 3.05) is 26.2 Å². The molecule has 4 heteroatoms. The Balaban J connectivity index is 1.43. The number of hydrogen-bond acceptors (Lipinski definition) is 3. The van der Waals surface area contributed by atoms with E-state index >= 15 is 0 Å². The number of rotatable bonds is 4. The van der Waals surface area contributed by atoms with Gasteiger partial charge in [0.2, 0.25) is 5.91 Å². The first-order valence-electron chi connectivity index (χ1n) is 7.57. The molecule has 0 aliphatic carbocycles. The molecular weight excluding hydrogens is 250 g/mol. The summed E-state index contributed by atoms with van der Waals surface area (Å²) in [7, 11) is 0. The molecule has 20 heavy (non-hydrogen) atoms. The summed E-state index contributed by atoms with van der Waals surface area (Å²) in [6, 6.07) is 10.7. The average molecular weight is 273 g/mol. The summed E-state index contributed by atoms with van der Waals surface area (Å²) in [6.07, 6.45) is 2.58. The highest BCUT2D eigenvalue weighted by Gasteiger charge is 2.34. The molecule has 2 fully saturated rings. The zero-order chi connectivity index (χ0) is 13.8. The summed E-state index contributed by atoms with van der Waals surface area (Å²) < 4.78 is 0. The summed E-state index contributed by atoms with van der Waals surface area (Å²) in [5.41, 5.74) is 1.15. The Morgan fingerprint density at radius 3 is 2.95 bits per heavy atom. The maximum absolute atomic E-state index is 12.0. The number of likely N-dealkylation sites (tertiary alicyclic amines) is 1. The zero-order valence-electron chi connectivity index (χ0n) is 11.8. The van der Waals surface area contributed by atoms with Gasteiger partial charge in [0.1, 0.15) is 0 Å². The molecule has 1 amide bonds. The number of amides is 1. The monoisotopic (exact) mass is 273 g/mol. The van der Waals surface area contributed by atoms with Crippen molar-refractivity contribution in [2.45, 2.75) is 25.4 Å². The Bertz CT molecular complexity index is 434. The van der Waals surface area contributed by atoms with E-state index in [1.165, 1.54) is 12.8 Å². The number of carbonyl (C=O) groups is 1. The SMILES string of the molecule is O=C(CN1CC2CCCNC2C1)NCc1ccccc1. The second-order valence-corrected chi connectivity index (χ2v) is 5.92. The van der Waals surface area contributed by atoms with E-state index in [0.29, 0.717) is 19.1 Å². The minimum absolute atomic E-state index is 0.132. The molecule has 2 N–H and O–H groups in total. The Morgan fingerprint density at radius 2 is 2.15 bits per heavy atom. The zero-order valence-corrected chi connectivity index (χ0v) is 11.8. The van der Waals surface area contributed by atoms with Crippen LogP contribution < -0.4 is 10.6 Å². The van der Waals surface area contributed by atoms with Gasteiger partial charge >= 0.3 is 0 Å². The first-order chi connectivity index (χ1) is 9.81. The van der Waals surface area contributed by atoms with Gasteiger partial charge in [0.25, 0.3) is 0 Å². The van der Waals surface area contributed by atoms with Crippen molar-refractivity contribution in [2.24, 2.45) is 5.92 Å². The molecule has 0 bridgehead atoms. The smallest absolute Gasteiger partial charge is 0.234 e. The van der Waals surface area contributed by atoms with Gasteiger partial charge in [-0.3, -0.25) is 9.69 Å². The summed E-state index contributed by atoms with van der Waals surface area (Å²) in [5, 5.41) is 6.57. The van der Waals surface area contributed by atoms with Crippen molar-refractivity contribution in [1.82, 2.24) is 15.5 Å². The molecule has 0 radical (unpaired) electrons. The van der Waals surface area contributed by atoms with Crippen molar-refractivity contribution in [3.63, 3.8) is 0 Å². The quantitative estimate of drug-likeness (QED) is 0.860. The summed E-state index contributed by atoms with van der Waals surface area (Å²) in [6.45, 7) is 4.37. The van der Waals surface area contributed by atoms with Crippen LogP contribution in [0.5, 0.6) is 0 Å². The van der Waals surface area contributed by atoms with Gasteiger partial charge in [0.05, 0.1) is 6.54 Å². The van der Waals surface area contributed by atoms with Crippen LogP contribution in [0.4, 0.5) is 0 Å². The van der Waals surface area contributed by atoms with Crippen molar-refractivity contribution in [1.29, 1.82) is 0 Å². The van der Waals surface area contributed by atoms with E-state index in [0.717, 1.165) is 31.1 Å². The highest BCUT2D eigenvalue weighted by Crippen LogP contribution is 2.24. The Morgan fingerprint density at radius 1 is 1.30 bits per heavy atom. The molecule has 1 aromatic carbocycles. The fraction of sp³-hybridized carbons (Fsp3) is 0.562. The molecule has 2 aliphatic heterocycles. The molecule has 2 heterocycles. The number of fused-ring (bicyclic) bond motifs is 1. The highest BCUT2D eigenvalue weighted by atomic mass is 16.2. The van der Waals surface area contributed by atoms with Gasteiger partial charge in [-0.25, -0.2) is 0 Å². The summed E-state index contributed by atoms with van der Waals surface area (Å²) in [4.78, 5) is 14.3. The van der Waals surface area contributed by atoms with E-state index in [9.17, 15) is 4.79 Å². The number of piperidine rings is 1. The van der Waals surface area contributed by atoms with Gasteiger partial charge < -0.3 is 10.6 Å². The van der Waals surface area contributed by atoms with Crippen molar-refractivity contribution < 1.29 is 4.79 Å². The third-order valence-electron chi connectivity index (χ3n) is 4.37. The van der Waals surface area contributed by atoms with E-state index in [4.69, 9.17) is 0 Å². The van der Waals surface area contributed by atoms with Crippen LogP contribution in [0.1, 0.15) is 18.4 Å². The minimum Gasteiger partial charge on any atom is -0.351 e. The van der Waals surface area contributed by atoms with E-state index in [1.54, 1.807) is 0 Å². The van der Waals surface area contributed by atoms with Crippen LogP contribution in [0.15, 0.2) is 30.3 Å². The largest absolute Gasteiger partial charge is 0.351 e. The normalized spacial score (nSPS) is 26.2. The highest BCUT2D eigenvalue weighted by molar-refractivity contribution is 5.78. The van der Waals surface area contributed by atoms with Crippen LogP contribution in [0.3, 0.4) is 0 Å². The lowest BCUT2D eigenvalue weighted by atomic mass is 9.94. The van der Waals surface area contributed by atoms with Crippen LogP contribution in [-0.4, -0.2) is 43.0 Å². The Kier molecular flexibility index (Phi) is 4.33. The Hall–Kier alpha value is -1.39. The molecule has 2 atom stereocenters. The maximum atomic E-state index is 12.0. The Labute approximate surface area is 120 Å². The predicted octanol–water partition coefficient (Wildman–Crippen LogP) is 0.987. The van der Waals surface area contributed by atoms with Gasteiger partial charge in [-0.1, -0.05) is 30.3 Å². The van der Waals surface area contributed by atoms with Gasteiger partial charge in [0.15, 0.2) is 0 Å². The molecule has 2 saturated heterocycles. The predicted molar refractivity (Wildman–Crippen MR) is 79.2 cm³/mol. The average Bonchev–Trinajstić information content (AvgIpc) is 2.88. The van der Waals surface area contributed by atoms with E-state index in [2.05, 4.69) is 15.5 Å². The van der Waals surface area contributed by atoms with E-state index < -0.39 is 0 Å². The van der Waals surface area contributed by atoms with Crippen LogP contribution >= 0.6 is 0 Å². The maximum Gasteiger partial charge on any atom is 0.234 e. The standard InChI is InChI=1S/C16H23N3O/c20-16(18-9-13-5-2-1-3-6-13)12-19-10-14-7-4-8-17-15(14)11-19/h1-3,5-6,14-15,17H,4,7-12H2,(H,18,20). The summed E-state index contributed by atoms with van der Waals surface area (Å²) >= 11 is 0. The fourth-order valence-corrected chi connectivity index (χ4v) is 3.32. The second-order valence-electron chi connectivity index (χ2n) is 5.92. The van der Waals surface area contributed by atoms with E-state index in [-0.39, 0.29) is 5.91 Å². The van der Waals surface area contributed by atoms with Gasteiger partial charge in [-0.05, 0) is 30.9 Å². The van der Waals surface area contributed by atoms with E-state index in [1.807, 2.05) is 30.3 Å². The third-order valence-corrected chi connectivity index (χ3v) is 4.37. The lowest BCUT2D eigenvalue weighted by molar-refractivity contribution is -0.122. The number of hydrogen-bond donors (Lipinski definition) is 2. The summed E-state index contributed by atoms with van der Waals surface area (Å²) in [5.74, 6) is 0.873. The molecule has 1 aromatic rings. The van der Waals surface area contributed by atoms with Crippen molar-refractivity contribution in [3.05, 3.63) is 35.9 Å². The second kappa shape index (κ2) is 6.37. The van der Waals surface area contributed by atoms with Gasteiger partial charge in [-0.2, -0.15) is 0 Å². The molecule has 2 unspecified atom stereocenters. The number of benzene rings is 1. The topological polar surface area (TPSA) is 44.4 Å². The molecule has 108 valence electrons. The van der Waals surface area contributed by atoms with Crippen LogP contribution in [0.25, 0.3) is 0 Å². The van der Waals surface area contributed by atoms with Crippen LogP contribution in [-0.2, 0) is 11.3 Å². The fourth-order valence-electron chi connectivity index (χ4n) is 3.32. The number of carbonyl (C=O) groups excluding carboxylic acids is 1.